The van der Waals surface area contributed by atoms with E-state index in [0.29, 0.717) is 39.0 Å². The van der Waals surface area contributed by atoms with E-state index in [1.165, 1.54) is 0 Å². The van der Waals surface area contributed by atoms with Crippen LogP contribution in [0.25, 0.3) is 0 Å². The Bertz CT molecular complexity index is 689. The monoisotopic (exact) mass is 402 g/mol. The van der Waals surface area contributed by atoms with Gasteiger partial charge in [0.25, 0.3) is 0 Å². The van der Waals surface area contributed by atoms with E-state index in [2.05, 4.69) is 15.9 Å². The van der Waals surface area contributed by atoms with Crippen molar-refractivity contribution >= 4 is 45.1 Å². The first-order chi connectivity index (χ1) is 10.5. The van der Waals surface area contributed by atoms with Crippen molar-refractivity contribution in [3.63, 3.8) is 0 Å². The Morgan fingerprint density at radius 2 is 1.91 bits per heavy atom. The second-order valence-electron chi connectivity index (χ2n) is 4.40. The summed E-state index contributed by atoms with van der Waals surface area (Å²) in [4.78, 5) is 11.6. The number of hydrogen-bond donors (Lipinski definition) is 0. The minimum atomic E-state index is -0.362. The summed E-state index contributed by atoms with van der Waals surface area (Å²) in [5.41, 5.74) is 1.37. The number of carbonyl (C=O) groups excluding carboxylic acids is 1. The maximum Gasteiger partial charge on any atom is 0.338 e. The van der Waals surface area contributed by atoms with Crippen LogP contribution >= 0.6 is 39.1 Å². The molecule has 2 aromatic carbocycles. The molecule has 0 aliphatic carbocycles. The van der Waals surface area contributed by atoms with Gasteiger partial charge in [-0.2, -0.15) is 0 Å². The highest BCUT2D eigenvalue weighted by Gasteiger charge is 2.10. The molecular weight excluding hydrogens is 391 g/mol. The molecule has 116 valence electrons. The van der Waals surface area contributed by atoms with Crippen molar-refractivity contribution in [2.75, 3.05) is 6.61 Å². The molecule has 0 fully saturated rings. The Morgan fingerprint density at radius 3 is 2.55 bits per heavy atom. The topological polar surface area (TPSA) is 35.5 Å². The number of ether oxygens (including phenoxy) is 2. The Labute approximate surface area is 147 Å². The summed E-state index contributed by atoms with van der Waals surface area (Å²) in [6, 6.07) is 10.4. The molecule has 0 bridgehead atoms. The van der Waals surface area contributed by atoms with Crippen molar-refractivity contribution in [3.05, 3.63) is 62.0 Å². The van der Waals surface area contributed by atoms with Crippen molar-refractivity contribution in [1.82, 2.24) is 0 Å². The molecule has 2 rings (SSSR count). The van der Waals surface area contributed by atoms with Crippen molar-refractivity contribution in [2.45, 2.75) is 13.5 Å². The van der Waals surface area contributed by atoms with Crippen LogP contribution in [0, 0.1) is 0 Å². The first-order valence-electron chi connectivity index (χ1n) is 6.54. The zero-order valence-corrected chi connectivity index (χ0v) is 14.8. The predicted molar refractivity (Wildman–Crippen MR) is 90.9 cm³/mol. The molecule has 2 aromatic rings. The van der Waals surface area contributed by atoms with Gasteiger partial charge in [-0.1, -0.05) is 29.3 Å². The zero-order valence-electron chi connectivity index (χ0n) is 11.7. The van der Waals surface area contributed by atoms with E-state index in [9.17, 15) is 4.79 Å². The normalized spacial score (nSPS) is 10.4. The van der Waals surface area contributed by atoms with Crippen LogP contribution in [0.5, 0.6) is 5.75 Å². The lowest BCUT2D eigenvalue weighted by Gasteiger charge is -2.10. The third kappa shape index (κ3) is 4.38. The zero-order chi connectivity index (χ0) is 16.1. The lowest BCUT2D eigenvalue weighted by molar-refractivity contribution is 0.0526. The number of benzene rings is 2. The summed E-state index contributed by atoms with van der Waals surface area (Å²) < 4.78 is 11.3. The smallest absolute Gasteiger partial charge is 0.338 e. The Hall–Kier alpha value is -1.23. The molecule has 0 aliphatic rings. The van der Waals surface area contributed by atoms with E-state index < -0.39 is 0 Å². The largest absolute Gasteiger partial charge is 0.488 e. The molecule has 0 spiro atoms. The molecule has 6 heteroatoms. The van der Waals surface area contributed by atoms with Gasteiger partial charge in [-0.25, -0.2) is 4.79 Å². The summed E-state index contributed by atoms with van der Waals surface area (Å²) in [5, 5.41) is 0.991. The summed E-state index contributed by atoms with van der Waals surface area (Å²) in [6.45, 7) is 2.45. The molecule has 0 atom stereocenters. The van der Waals surface area contributed by atoms with Crippen molar-refractivity contribution in [1.29, 1.82) is 0 Å². The van der Waals surface area contributed by atoms with Gasteiger partial charge in [0.1, 0.15) is 12.4 Å². The molecule has 0 amide bonds. The van der Waals surface area contributed by atoms with Crippen LogP contribution in [0.4, 0.5) is 0 Å². The van der Waals surface area contributed by atoms with Crippen LogP contribution < -0.4 is 4.74 Å². The fraction of sp³-hybridized carbons (Fsp3) is 0.188. The standard InChI is InChI=1S/C16H13BrCl2O3/c1-2-21-16(20)11-4-6-15(12(17)8-11)22-9-10-3-5-13(18)14(19)7-10/h3-8H,2,9H2,1H3. The van der Waals surface area contributed by atoms with Crippen molar-refractivity contribution < 1.29 is 14.3 Å². The van der Waals surface area contributed by atoms with Crippen LogP contribution in [-0.2, 0) is 11.3 Å². The third-order valence-corrected chi connectivity index (χ3v) is 4.18. The van der Waals surface area contributed by atoms with Crippen LogP contribution in [0.1, 0.15) is 22.8 Å². The molecule has 0 N–H and O–H groups in total. The van der Waals surface area contributed by atoms with Gasteiger partial charge >= 0.3 is 5.97 Å². The van der Waals surface area contributed by atoms with E-state index in [-0.39, 0.29) is 5.97 Å². The number of esters is 1. The van der Waals surface area contributed by atoms with Gasteiger partial charge in [0.15, 0.2) is 0 Å². The van der Waals surface area contributed by atoms with Gasteiger partial charge in [0, 0.05) is 0 Å². The van der Waals surface area contributed by atoms with E-state index in [1.807, 2.05) is 6.07 Å². The number of carbonyl (C=O) groups is 1. The van der Waals surface area contributed by atoms with Gasteiger partial charge in [-0.3, -0.25) is 0 Å². The molecule has 22 heavy (non-hydrogen) atoms. The minimum Gasteiger partial charge on any atom is -0.488 e. The lowest BCUT2D eigenvalue weighted by Crippen LogP contribution is -2.05. The van der Waals surface area contributed by atoms with Crippen molar-refractivity contribution in [2.24, 2.45) is 0 Å². The molecule has 0 unspecified atom stereocenters. The highest BCUT2D eigenvalue weighted by Crippen LogP contribution is 2.28. The second kappa shape index (κ2) is 7.86. The van der Waals surface area contributed by atoms with Gasteiger partial charge in [-0.05, 0) is 58.7 Å². The Morgan fingerprint density at radius 1 is 1.14 bits per heavy atom. The quantitative estimate of drug-likeness (QED) is 0.617. The van der Waals surface area contributed by atoms with E-state index in [4.69, 9.17) is 32.7 Å². The summed E-state index contributed by atoms with van der Waals surface area (Å²) >= 11 is 15.2. The fourth-order valence-corrected chi connectivity index (χ4v) is 2.56. The SMILES string of the molecule is CCOC(=O)c1ccc(OCc2ccc(Cl)c(Cl)c2)c(Br)c1. The van der Waals surface area contributed by atoms with Crippen LogP contribution in [-0.4, -0.2) is 12.6 Å². The Kier molecular flexibility index (Phi) is 6.12. The second-order valence-corrected chi connectivity index (χ2v) is 6.07. The van der Waals surface area contributed by atoms with Gasteiger partial charge in [0.2, 0.25) is 0 Å². The average Bonchev–Trinajstić information content (AvgIpc) is 2.49. The van der Waals surface area contributed by atoms with E-state index >= 15 is 0 Å². The Balaban J connectivity index is 2.07. The molecule has 0 saturated heterocycles. The number of rotatable bonds is 5. The molecule has 0 saturated carbocycles. The maximum atomic E-state index is 11.6. The summed E-state index contributed by atoms with van der Waals surface area (Å²) in [5.74, 6) is 0.262. The first-order valence-corrected chi connectivity index (χ1v) is 8.09. The van der Waals surface area contributed by atoms with E-state index in [0.717, 1.165) is 5.56 Å². The molecule has 3 nitrogen and oxygen atoms in total. The maximum absolute atomic E-state index is 11.6. The molecule has 0 radical (unpaired) electrons. The summed E-state index contributed by atoms with van der Waals surface area (Å²) in [6.07, 6.45) is 0. The first kappa shape index (κ1) is 17.1. The fourth-order valence-electron chi connectivity index (χ4n) is 1.75. The van der Waals surface area contributed by atoms with Crippen LogP contribution in [0.15, 0.2) is 40.9 Å². The predicted octanol–water partition coefficient (Wildman–Crippen LogP) is 5.51. The molecule has 0 aliphatic heterocycles. The molecule has 0 heterocycles. The summed E-state index contributed by atoms with van der Waals surface area (Å²) in [7, 11) is 0. The molecular formula is C16H13BrCl2O3. The van der Waals surface area contributed by atoms with Crippen molar-refractivity contribution in [3.8, 4) is 5.75 Å². The lowest BCUT2D eigenvalue weighted by atomic mass is 10.2. The molecule has 0 aromatic heterocycles. The van der Waals surface area contributed by atoms with Gasteiger partial charge in [0.05, 0.1) is 26.7 Å². The van der Waals surface area contributed by atoms with Gasteiger partial charge in [-0.15, -0.1) is 0 Å². The highest BCUT2D eigenvalue weighted by atomic mass is 79.9. The average molecular weight is 404 g/mol. The minimum absolute atomic E-state index is 0.339. The van der Waals surface area contributed by atoms with Crippen LogP contribution in [0.3, 0.4) is 0 Å². The number of hydrogen-bond acceptors (Lipinski definition) is 3. The van der Waals surface area contributed by atoms with E-state index in [1.54, 1.807) is 37.3 Å². The highest BCUT2D eigenvalue weighted by molar-refractivity contribution is 9.10. The number of halogens is 3. The van der Waals surface area contributed by atoms with Gasteiger partial charge < -0.3 is 9.47 Å². The van der Waals surface area contributed by atoms with Crippen LogP contribution in [0.2, 0.25) is 10.0 Å². The third-order valence-electron chi connectivity index (χ3n) is 2.82.